The van der Waals surface area contributed by atoms with Gasteiger partial charge in [0.1, 0.15) is 0 Å². The molecule has 0 N–H and O–H groups in total. The molecule has 0 atom stereocenters. The van der Waals surface area contributed by atoms with E-state index in [1.165, 1.54) is 0 Å². The second kappa shape index (κ2) is 5.00. The molecule has 0 aliphatic heterocycles. The third kappa shape index (κ3) is 4.66. The lowest BCUT2D eigenvalue weighted by atomic mass is 9.89. The van der Waals surface area contributed by atoms with E-state index < -0.39 is 0 Å². The molecule has 0 aliphatic carbocycles. The normalized spacial score (nSPS) is 13.8. The topological polar surface area (TPSA) is 12.4 Å². The standard InChI is InChI=1S/C12H21N/c1-7-10(2)8-9-11(13-6)12(3,4)5/h8-9H,2,7H2,1,3-6H3/b9-8-,13-11+. The predicted octanol–water partition coefficient (Wildman–Crippen LogP) is 3.63. The van der Waals surface area contributed by atoms with Crippen molar-refractivity contribution in [2.24, 2.45) is 10.4 Å². The van der Waals surface area contributed by atoms with Gasteiger partial charge in [-0.1, -0.05) is 45.9 Å². The summed E-state index contributed by atoms with van der Waals surface area (Å²) in [5.74, 6) is 0. The number of allylic oxidation sites excluding steroid dienone is 3. The van der Waals surface area contributed by atoms with E-state index in [-0.39, 0.29) is 5.41 Å². The summed E-state index contributed by atoms with van der Waals surface area (Å²) in [6.07, 6.45) is 5.11. The SMILES string of the molecule is C=C(/C=C\C(=N/C)C(C)(C)C)CC. The molecule has 0 heterocycles. The maximum atomic E-state index is 4.25. The van der Waals surface area contributed by atoms with Crippen LogP contribution in [0.15, 0.2) is 29.3 Å². The van der Waals surface area contributed by atoms with Gasteiger partial charge in [-0.3, -0.25) is 4.99 Å². The zero-order valence-corrected chi connectivity index (χ0v) is 9.52. The lowest BCUT2D eigenvalue weighted by Gasteiger charge is -2.18. The second-order valence-corrected chi connectivity index (χ2v) is 4.20. The Bertz CT molecular complexity index is 226. The average molecular weight is 179 g/mol. The van der Waals surface area contributed by atoms with Crippen LogP contribution in [-0.2, 0) is 0 Å². The lowest BCUT2D eigenvalue weighted by Crippen LogP contribution is -2.17. The molecule has 0 fully saturated rings. The van der Waals surface area contributed by atoms with E-state index in [1.54, 1.807) is 0 Å². The van der Waals surface area contributed by atoms with Crippen LogP contribution >= 0.6 is 0 Å². The molecular weight excluding hydrogens is 158 g/mol. The molecule has 0 aromatic heterocycles. The smallest absolute Gasteiger partial charge is 0.0398 e. The first-order valence-corrected chi connectivity index (χ1v) is 4.75. The third-order valence-electron chi connectivity index (χ3n) is 1.94. The average Bonchev–Trinajstić information content (AvgIpc) is 2.02. The Balaban J connectivity index is 4.50. The molecule has 0 rings (SSSR count). The van der Waals surface area contributed by atoms with Gasteiger partial charge in [0.2, 0.25) is 0 Å². The molecule has 0 amide bonds. The van der Waals surface area contributed by atoms with Gasteiger partial charge in [0.25, 0.3) is 0 Å². The first-order valence-electron chi connectivity index (χ1n) is 4.75. The Morgan fingerprint density at radius 2 is 1.85 bits per heavy atom. The molecule has 0 bridgehead atoms. The van der Waals surface area contributed by atoms with E-state index in [0.717, 1.165) is 17.7 Å². The Kier molecular flexibility index (Phi) is 4.68. The molecule has 0 unspecified atom stereocenters. The van der Waals surface area contributed by atoms with Crippen molar-refractivity contribution in [2.75, 3.05) is 7.05 Å². The third-order valence-corrected chi connectivity index (χ3v) is 1.94. The maximum Gasteiger partial charge on any atom is 0.0398 e. The molecule has 0 saturated carbocycles. The highest BCUT2D eigenvalue weighted by Crippen LogP contribution is 2.17. The fraction of sp³-hybridized carbons (Fsp3) is 0.583. The van der Waals surface area contributed by atoms with Gasteiger partial charge >= 0.3 is 0 Å². The van der Waals surface area contributed by atoms with Gasteiger partial charge < -0.3 is 0 Å². The Labute approximate surface area is 82.3 Å². The highest BCUT2D eigenvalue weighted by atomic mass is 14.7. The van der Waals surface area contributed by atoms with Gasteiger partial charge in [0.05, 0.1) is 0 Å². The van der Waals surface area contributed by atoms with Crippen LogP contribution in [0.4, 0.5) is 0 Å². The van der Waals surface area contributed by atoms with E-state index in [4.69, 9.17) is 0 Å². The van der Waals surface area contributed by atoms with Crippen molar-refractivity contribution >= 4 is 5.71 Å². The van der Waals surface area contributed by atoms with Crippen LogP contribution in [0.25, 0.3) is 0 Å². The number of aliphatic imine (C=N–C) groups is 1. The molecule has 74 valence electrons. The molecule has 0 saturated heterocycles. The number of rotatable bonds is 3. The zero-order chi connectivity index (χ0) is 10.5. The highest BCUT2D eigenvalue weighted by molar-refractivity contribution is 5.99. The van der Waals surface area contributed by atoms with Gasteiger partial charge in [-0.2, -0.15) is 0 Å². The summed E-state index contributed by atoms with van der Waals surface area (Å²) in [5, 5.41) is 0. The first kappa shape index (κ1) is 12.2. The van der Waals surface area contributed by atoms with Crippen molar-refractivity contribution in [3.05, 3.63) is 24.3 Å². The summed E-state index contributed by atoms with van der Waals surface area (Å²) in [6, 6.07) is 0. The predicted molar refractivity (Wildman–Crippen MR) is 61.4 cm³/mol. The number of hydrogen-bond acceptors (Lipinski definition) is 1. The first-order chi connectivity index (χ1) is 5.91. The maximum absolute atomic E-state index is 4.25. The van der Waals surface area contributed by atoms with Gasteiger partial charge in [-0.05, 0) is 12.5 Å². The van der Waals surface area contributed by atoms with E-state index >= 15 is 0 Å². The fourth-order valence-electron chi connectivity index (χ4n) is 0.975. The van der Waals surface area contributed by atoms with Crippen LogP contribution in [0, 0.1) is 5.41 Å². The van der Waals surface area contributed by atoms with Gasteiger partial charge in [-0.15, -0.1) is 0 Å². The summed E-state index contributed by atoms with van der Waals surface area (Å²) in [5.41, 5.74) is 2.38. The van der Waals surface area contributed by atoms with E-state index in [2.05, 4.69) is 45.3 Å². The van der Waals surface area contributed by atoms with Crippen LogP contribution in [0.2, 0.25) is 0 Å². The summed E-state index contributed by atoms with van der Waals surface area (Å²) in [4.78, 5) is 4.25. The summed E-state index contributed by atoms with van der Waals surface area (Å²) in [6.45, 7) is 12.5. The Morgan fingerprint density at radius 3 is 2.15 bits per heavy atom. The van der Waals surface area contributed by atoms with Gasteiger partial charge in [-0.25, -0.2) is 0 Å². The van der Waals surface area contributed by atoms with Crippen LogP contribution < -0.4 is 0 Å². The van der Waals surface area contributed by atoms with E-state index in [9.17, 15) is 0 Å². The van der Waals surface area contributed by atoms with Crippen molar-refractivity contribution in [1.82, 2.24) is 0 Å². The lowest BCUT2D eigenvalue weighted by molar-refractivity contribution is 0.593. The molecule has 13 heavy (non-hydrogen) atoms. The largest absolute Gasteiger partial charge is 0.293 e. The van der Waals surface area contributed by atoms with Gasteiger partial charge in [0.15, 0.2) is 0 Å². The minimum atomic E-state index is 0.124. The van der Waals surface area contributed by atoms with Crippen molar-refractivity contribution in [1.29, 1.82) is 0 Å². The molecular formula is C12H21N. The van der Waals surface area contributed by atoms with Crippen molar-refractivity contribution in [3.63, 3.8) is 0 Å². The molecule has 0 aliphatic rings. The number of hydrogen-bond donors (Lipinski definition) is 0. The van der Waals surface area contributed by atoms with Crippen molar-refractivity contribution in [3.8, 4) is 0 Å². The molecule has 0 radical (unpaired) electrons. The van der Waals surface area contributed by atoms with Crippen LogP contribution in [-0.4, -0.2) is 12.8 Å². The zero-order valence-electron chi connectivity index (χ0n) is 9.52. The van der Waals surface area contributed by atoms with Crippen LogP contribution in [0.1, 0.15) is 34.1 Å². The molecule has 0 aromatic rings. The summed E-state index contributed by atoms with van der Waals surface area (Å²) in [7, 11) is 1.83. The Morgan fingerprint density at radius 1 is 1.31 bits per heavy atom. The van der Waals surface area contributed by atoms with Crippen LogP contribution in [0.5, 0.6) is 0 Å². The quantitative estimate of drug-likeness (QED) is 0.463. The van der Waals surface area contributed by atoms with E-state index in [0.29, 0.717) is 0 Å². The van der Waals surface area contributed by atoms with Crippen LogP contribution in [0.3, 0.4) is 0 Å². The van der Waals surface area contributed by atoms with Crippen molar-refractivity contribution in [2.45, 2.75) is 34.1 Å². The summed E-state index contributed by atoms with van der Waals surface area (Å²) < 4.78 is 0. The molecule has 1 heteroatoms. The molecule has 1 nitrogen and oxygen atoms in total. The molecule has 0 aromatic carbocycles. The Hall–Kier alpha value is -0.850. The summed E-state index contributed by atoms with van der Waals surface area (Å²) >= 11 is 0. The number of nitrogens with zero attached hydrogens (tertiary/aromatic N) is 1. The van der Waals surface area contributed by atoms with E-state index in [1.807, 2.05) is 13.1 Å². The van der Waals surface area contributed by atoms with Gasteiger partial charge in [0, 0.05) is 18.2 Å². The molecule has 0 spiro atoms. The minimum Gasteiger partial charge on any atom is -0.293 e. The minimum absolute atomic E-state index is 0.124. The highest BCUT2D eigenvalue weighted by Gasteiger charge is 2.14. The fourth-order valence-corrected chi connectivity index (χ4v) is 0.975. The monoisotopic (exact) mass is 179 g/mol. The van der Waals surface area contributed by atoms with Crippen molar-refractivity contribution < 1.29 is 0 Å². The second-order valence-electron chi connectivity index (χ2n) is 4.20.